The number of aromatic carboxylic acids is 1. The Morgan fingerprint density at radius 1 is 1.12 bits per heavy atom. The number of hydrogen-bond donors (Lipinski definition) is 1. The van der Waals surface area contributed by atoms with Gasteiger partial charge in [-0.3, -0.25) is 4.79 Å². The van der Waals surface area contributed by atoms with E-state index in [1.807, 2.05) is 13.0 Å². The van der Waals surface area contributed by atoms with Gasteiger partial charge in [0.05, 0.1) is 17.7 Å². The molecule has 26 heavy (non-hydrogen) atoms. The minimum Gasteiger partial charge on any atom is -0.478 e. The van der Waals surface area contributed by atoms with Gasteiger partial charge in [-0.05, 0) is 48.7 Å². The highest BCUT2D eigenvalue weighted by atomic mass is 16.4. The summed E-state index contributed by atoms with van der Waals surface area (Å²) in [5.41, 5.74) is 3.17. The monoisotopic (exact) mass is 349 g/mol. The van der Waals surface area contributed by atoms with E-state index in [9.17, 15) is 19.5 Å². The van der Waals surface area contributed by atoms with Gasteiger partial charge in [0.15, 0.2) is 0 Å². The Bertz CT molecular complexity index is 1160. The average Bonchev–Trinajstić information content (AvgIpc) is 2.91. The number of carbonyl (C=O) groups is 2. The molecule has 4 rings (SSSR count). The predicted molar refractivity (Wildman–Crippen MR) is 95.9 cm³/mol. The zero-order valence-electron chi connectivity index (χ0n) is 14.2. The maximum Gasteiger partial charge on any atom is 0.336 e. The van der Waals surface area contributed by atoms with Gasteiger partial charge in [0.25, 0.3) is 5.91 Å². The van der Waals surface area contributed by atoms with Gasteiger partial charge in [0, 0.05) is 17.1 Å². The second kappa shape index (κ2) is 5.56. The van der Waals surface area contributed by atoms with Crippen LogP contribution in [0.1, 0.15) is 37.4 Å². The van der Waals surface area contributed by atoms with E-state index in [-0.39, 0.29) is 17.0 Å². The third kappa shape index (κ3) is 2.30. The molecule has 6 heteroatoms. The van der Waals surface area contributed by atoms with Crippen LogP contribution in [0.15, 0.2) is 45.6 Å². The van der Waals surface area contributed by atoms with Gasteiger partial charge in [-0.2, -0.15) is 0 Å². The SMILES string of the molecule is Cc1cc2oc(=O)cc(C)c2cc1N1Cc2cccc(C(=O)O)c2C1=O. The lowest BCUT2D eigenvalue weighted by molar-refractivity contribution is 0.0692. The van der Waals surface area contributed by atoms with E-state index in [4.69, 9.17) is 4.42 Å². The molecule has 0 aliphatic carbocycles. The molecule has 0 unspecified atom stereocenters. The highest BCUT2D eigenvalue weighted by Gasteiger charge is 2.33. The summed E-state index contributed by atoms with van der Waals surface area (Å²) in [6, 6.07) is 9.80. The van der Waals surface area contributed by atoms with E-state index in [1.54, 1.807) is 30.0 Å². The number of benzene rings is 2. The summed E-state index contributed by atoms with van der Waals surface area (Å²) in [6.07, 6.45) is 0. The quantitative estimate of drug-likeness (QED) is 0.718. The average molecular weight is 349 g/mol. The zero-order chi connectivity index (χ0) is 18.6. The molecule has 0 spiro atoms. The number of carboxylic acid groups (broad SMARTS) is 1. The lowest BCUT2D eigenvalue weighted by atomic mass is 10.0. The van der Waals surface area contributed by atoms with Crippen LogP contribution in [0.25, 0.3) is 11.0 Å². The molecule has 0 fully saturated rings. The maximum atomic E-state index is 12.9. The van der Waals surface area contributed by atoms with Gasteiger partial charge in [-0.15, -0.1) is 0 Å². The van der Waals surface area contributed by atoms with Crippen LogP contribution in [0.5, 0.6) is 0 Å². The molecule has 0 atom stereocenters. The number of nitrogens with zero attached hydrogens (tertiary/aromatic N) is 1. The molecule has 2 aromatic carbocycles. The number of rotatable bonds is 2. The fraction of sp³-hybridized carbons (Fsp3) is 0.150. The maximum absolute atomic E-state index is 12.9. The van der Waals surface area contributed by atoms with Crippen molar-refractivity contribution in [2.45, 2.75) is 20.4 Å². The molecule has 0 radical (unpaired) electrons. The fourth-order valence-electron chi connectivity index (χ4n) is 3.48. The van der Waals surface area contributed by atoms with E-state index < -0.39 is 11.6 Å². The summed E-state index contributed by atoms with van der Waals surface area (Å²) in [5.74, 6) is -1.46. The Hall–Kier alpha value is -3.41. The molecule has 6 nitrogen and oxygen atoms in total. The molecule has 2 heterocycles. The van der Waals surface area contributed by atoms with Gasteiger partial charge in [0.2, 0.25) is 0 Å². The van der Waals surface area contributed by atoms with Crippen LogP contribution in [0, 0.1) is 13.8 Å². The first-order chi connectivity index (χ1) is 12.4. The van der Waals surface area contributed by atoms with Crippen LogP contribution < -0.4 is 10.5 Å². The molecule has 0 saturated carbocycles. The molecular formula is C20H15NO5. The predicted octanol–water partition coefficient (Wildman–Crippen LogP) is 3.27. The van der Waals surface area contributed by atoms with Crippen LogP contribution in [0.3, 0.4) is 0 Å². The normalized spacial score (nSPS) is 13.3. The van der Waals surface area contributed by atoms with Crippen LogP contribution in [-0.2, 0) is 6.54 Å². The highest BCUT2D eigenvalue weighted by Crippen LogP contribution is 2.35. The molecule has 1 N–H and O–H groups in total. The first-order valence-corrected chi connectivity index (χ1v) is 8.09. The molecule has 1 aromatic heterocycles. The van der Waals surface area contributed by atoms with Crippen molar-refractivity contribution in [2.24, 2.45) is 0 Å². The summed E-state index contributed by atoms with van der Waals surface area (Å²) < 4.78 is 5.24. The fourth-order valence-corrected chi connectivity index (χ4v) is 3.48. The summed E-state index contributed by atoms with van der Waals surface area (Å²) in [7, 11) is 0. The van der Waals surface area contributed by atoms with Crippen molar-refractivity contribution in [3.8, 4) is 0 Å². The number of carbonyl (C=O) groups excluding carboxylic acids is 1. The number of carboxylic acids is 1. The number of hydrogen-bond acceptors (Lipinski definition) is 4. The van der Waals surface area contributed by atoms with Gasteiger partial charge >= 0.3 is 11.6 Å². The van der Waals surface area contributed by atoms with Crippen molar-refractivity contribution < 1.29 is 19.1 Å². The highest BCUT2D eigenvalue weighted by molar-refractivity contribution is 6.16. The Morgan fingerprint density at radius 2 is 1.88 bits per heavy atom. The minimum absolute atomic E-state index is 0.00983. The lowest BCUT2D eigenvalue weighted by Crippen LogP contribution is -2.24. The first-order valence-electron chi connectivity index (χ1n) is 8.09. The third-order valence-electron chi connectivity index (χ3n) is 4.73. The molecule has 1 amide bonds. The van der Waals surface area contributed by atoms with E-state index >= 15 is 0 Å². The lowest BCUT2D eigenvalue weighted by Gasteiger charge is -2.19. The molecule has 3 aromatic rings. The number of amides is 1. The minimum atomic E-state index is -1.12. The molecular weight excluding hydrogens is 334 g/mol. The second-order valence-corrected chi connectivity index (χ2v) is 6.42. The van der Waals surface area contributed by atoms with Gasteiger partial charge in [-0.25, -0.2) is 9.59 Å². The molecule has 1 aliphatic rings. The van der Waals surface area contributed by atoms with E-state index in [2.05, 4.69) is 0 Å². The van der Waals surface area contributed by atoms with Crippen molar-refractivity contribution in [1.82, 2.24) is 0 Å². The molecule has 1 aliphatic heterocycles. The van der Waals surface area contributed by atoms with Crippen LogP contribution >= 0.6 is 0 Å². The Morgan fingerprint density at radius 3 is 2.62 bits per heavy atom. The third-order valence-corrected chi connectivity index (χ3v) is 4.73. The van der Waals surface area contributed by atoms with Crippen molar-refractivity contribution in [3.05, 3.63) is 74.6 Å². The molecule has 0 saturated heterocycles. The Kier molecular flexibility index (Phi) is 3.44. The van der Waals surface area contributed by atoms with Crippen molar-refractivity contribution >= 4 is 28.5 Å². The summed E-state index contributed by atoms with van der Waals surface area (Å²) >= 11 is 0. The van der Waals surface area contributed by atoms with E-state index in [1.165, 1.54) is 12.1 Å². The Labute approximate surface area is 148 Å². The summed E-state index contributed by atoms with van der Waals surface area (Å²) in [5, 5.41) is 10.1. The molecule has 0 bridgehead atoms. The van der Waals surface area contributed by atoms with E-state index in [0.717, 1.165) is 16.5 Å². The Balaban J connectivity index is 1.88. The first kappa shape index (κ1) is 16.1. The summed E-state index contributed by atoms with van der Waals surface area (Å²) in [6.45, 7) is 3.93. The molecule has 130 valence electrons. The van der Waals surface area contributed by atoms with Gasteiger partial charge in [0.1, 0.15) is 5.58 Å². The van der Waals surface area contributed by atoms with Crippen molar-refractivity contribution in [2.75, 3.05) is 4.90 Å². The van der Waals surface area contributed by atoms with E-state index in [0.29, 0.717) is 23.4 Å². The second-order valence-electron chi connectivity index (χ2n) is 6.42. The van der Waals surface area contributed by atoms with Crippen LogP contribution in [-0.4, -0.2) is 17.0 Å². The smallest absolute Gasteiger partial charge is 0.336 e. The number of fused-ring (bicyclic) bond motifs is 2. The number of anilines is 1. The van der Waals surface area contributed by atoms with Crippen molar-refractivity contribution in [1.29, 1.82) is 0 Å². The number of aryl methyl sites for hydroxylation is 2. The van der Waals surface area contributed by atoms with Crippen LogP contribution in [0.2, 0.25) is 0 Å². The standard InChI is InChI=1S/C20H15NO5/c1-10-7-17(22)26-16-6-11(2)15(8-14(10)16)21-9-12-4-3-5-13(20(24)25)18(12)19(21)23/h3-8H,9H2,1-2H3,(H,24,25). The topological polar surface area (TPSA) is 87.8 Å². The summed E-state index contributed by atoms with van der Waals surface area (Å²) in [4.78, 5) is 37.5. The van der Waals surface area contributed by atoms with Gasteiger partial charge in [-0.1, -0.05) is 12.1 Å². The zero-order valence-corrected chi connectivity index (χ0v) is 14.2. The van der Waals surface area contributed by atoms with Gasteiger partial charge < -0.3 is 14.4 Å². The largest absolute Gasteiger partial charge is 0.478 e. The van der Waals surface area contributed by atoms with Crippen molar-refractivity contribution in [3.63, 3.8) is 0 Å². The van der Waals surface area contributed by atoms with Crippen LogP contribution in [0.4, 0.5) is 5.69 Å².